The van der Waals surface area contributed by atoms with Gasteiger partial charge in [-0.3, -0.25) is 4.79 Å². The van der Waals surface area contributed by atoms with Gasteiger partial charge in [-0.2, -0.15) is 9.50 Å². The van der Waals surface area contributed by atoms with Gasteiger partial charge in [0.05, 0.1) is 13.5 Å². The van der Waals surface area contributed by atoms with Crippen LogP contribution in [0.15, 0.2) is 36.4 Å². The lowest BCUT2D eigenvalue weighted by Crippen LogP contribution is -2.28. The van der Waals surface area contributed by atoms with Crippen LogP contribution >= 0.6 is 0 Å². The Morgan fingerprint density at radius 3 is 2.63 bits per heavy atom. The normalized spacial score (nSPS) is 11.2. The molecule has 2 aromatic carbocycles. The summed E-state index contributed by atoms with van der Waals surface area (Å²) in [4.78, 5) is 23.2. The number of ether oxygens (including phenoxy) is 1. The van der Waals surface area contributed by atoms with Crippen molar-refractivity contribution in [3.63, 3.8) is 0 Å². The molecular weight excluding hydrogens is 380 g/mol. The van der Waals surface area contributed by atoms with Crippen molar-refractivity contribution < 1.29 is 9.53 Å². The number of methoxy groups -OCH3 is 1. The number of hydrogen-bond donors (Lipinski definition) is 1. The predicted octanol–water partition coefficient (Wildman–Crippen LogP) is 2.69. The maximum atomic E-state index is 12.9. The molecule has 0 saturated heterocycles. The largest absolute Gasteiger partial charge is 0.497 e. The second kappa shape index (κ2) is 7.62. The number of fused-ring (bicyclic) bond motifs is 2. The summed E-state index contributed by atoms with van der Waals surface area (Å²) in [5.41, 5.74) is 9.17. The number of carbonyl (C=O) groups is 1. The van der Waals surface area contributed by atoms with Crippen LogP contribution in [-0.2, 0) is 17.8 Å². The average molecular weight is 404 g/mol. The molecule has 0 fully saturated rings. The molecule has 1 amide bonds. The van der Waals surface area contributed by atoms with E-state index in [0.717, 1.165) is 39.0 Å². The summed E-state index contributed by atoms with van der Waals surface area (Å²) in [6.45, 7) is 4.29. The lowest BCUT2D eigenvalue weighted by molar-refractivity contribution is -0.129. The van der Waals surface area contributed by atoms with Crippen LogP contribution in [-0.4, -0.2) is 44.5 Å². The van der Waals surface area contributed by atoms with E-state index in [1.54, 1.807) is 16.5 Å². The molecule has 0 aliphatic heterocycles. The first-order valence-corrected chi connectivity index (χ1v) is 9.64. The minimum Gasteiger partial charge on any atom is -0.497 e. The Hall–Kier alpha value is -3.68. The zero-order valence-corrected chi connectivity index (χ0v) is 17.5. The highest BCUT2D eigenvalue weighted by Gasteiger charge is 2.18. The van der Waals surface area contributed by atoms with Gasteiger partial charge in [0.25, 0.3) is 5.78 Å². The Bertz CT molecular complexity index is 1260. The van der Waals surface area contributed by atoms with E-state index in [-0.39, 0.29) is 18.3 Å². The number of rotatable bonds is 5. The number of nitrogens with zero attached hydrogens (tertiary/aromatic N) is 5. The van der Waals surface area contributed by atoms with Gasteiger partial charge in [-0.15, -0.1) is 5.10 Å². The molecule has 0 aliphatic rings. The fourth-order valence-electron chi connectivity index (χ4n) is 3.63. The van der Waals surface area contributed by atoms with Gasteiger partial charge in [-0.1, -0.05) is 18.2 Å². The zero-order valence-electron chi connectivity index (χ0n) is 17.5. The maximum Gasteiger partial charge on any atom is 0.254 e. The Labute approximate surface area is 174 Å². The standard InChI is InChI=1S/C22H24N6O2/c1-13-19(14(2)28-22(24-13)25-21(23)26-28)11-20(29)27(3)12-15-5-6-17-10-18(30-4)8-7-16(17)9-15/h5-10H,11-12H2,1-4H3,(H2,23,26). The van der Waals surface area contributed by atoms with E-state index < -0.39 is 0 Å². The fraction of sp³-hybridized carbons (Fsp3) is 0.273. The number of amides is 1. The van der Waals surface area contributed by atoms with Crippen LogP contribution in [0.3, 0.4) is 0 Å². The Morgan fingerprint density at radius 2 is 1.87 bits per heavy atom. The molecule has 0 atom stereocenters. The Morgan fingerprint density at radius 1 is 1.13 bits per heavy atom. The second-order valence-electron chi connectivity index (χ2n) is 7.42. The van der Waals surface area contributed by atoms with Gasteiger partial charge in [0.1, 0.15) is 5.75 Å². The third-order valence-corrected chi connectivity index (χ3v) is 5.35. The highest BCUT2D eigenvalue weighted by atomic mass is 16.5. The van der Waals surface area contributed by atoms with Crippen molar-refractivity contribution in [2.24, 2.45) is 0 Å². The smallest absolute Gasteiger partial charge is 0.254 e. The first-order valence-electron chi connectivity index (χ1n) is 9.64. The number of nitrogen functional groups attached to an aromatic ring is 1. The van der Waals surface area contributed by atoms with Crippen molar-refractivity contribution in [2.75, 3.05) is 19.9 Å². The lowest BCUT2D eigenvalue weighted by atomic mass is 10.1. The van der Waals surface area contributed by atoms with Crippen molar-refractivity contribution in [1.82, 2.24) is 24.5 Å². The number of aromatic nitrogens is 4. The number of anilines is 1. The van der Waals surface area contributed by atoms with Crippen LogP contribution in [0.4, 0.5) is 5.95 Å². The van der Waals surface area contributed by atoms with E-state index in [1.165, 1.54) is 0 Å². The third-order valence-electron chi connectivity index (χ3n) is 5.35. The predicted molar refractivity (Wildman–Crippen MR) is 115 cm³/mol. The molecule has 0 saturated carbocycles. The molecule has 4 rings (SSSR count). The molecule has 2 N–H and O–H groups in total. The number of carbonyl (C=O) groups excluding carboxylic acids is 1. The Kier molecular flexibility index (Phi) is 4.99. The molecule has 0 spiro atoms. The van der Waals surface area contributed by atoms with Crippen molar-refractivity contribution in [3.05, 3.63) is 58.9 Å². The van der Waals surface area contributed by atoms with Gasteiger partial charge in [-0.05, 0) is 48.4 Å². The van der Waals surface area contributed by atoms with Gasteiger partial charge < -0.3 is 15.4 Å². The number of nitrogens with two attached hydrogens (primary N) is 1. The van der Waals surface area contributed by atoms with E-state index in [1.807, 2.05) is 51.2 Å². The van der Waals surface area contributed by atoms with E-state index in [0.29, 0.717) is 12.3 Å². The molecule has 8 nitrogen and oxygen atoms in total. The quantitative estimate of drug-likeness (QED) is 0.549. The number of benzene rings is 2. The van der Waals surface area contributed by atoms with E-state index >= 15 is 0 Å². The van der Waals surface area contributed by atoms with Crippen LogP contribution in [0.2, 0.25) is 0 Å². The van der Waals surface area contributed by atoms with Gasteiger partial charge >= 0.3 is 0 Å². The average Bonchev–Trinajstić information content (AvgIpc) is 3.10. The fourth-order valence-corrected chi connectivity index (χ4v) is 3.63. The summed E-state index contributed by atoms with van der Waals surface area (Å²) in [6.07, 6.45) is 0.238. The van der Waals surface area contributed by atoms with Gasteiger partial charge in [0, 0.05) is 30.5 Å². The maximum absolute atomic E-state index is 12.9. The monoisotopic (exact) mass is 404 g/mol. The molecule has 4 aromatic rings. The summed E-state index contributed by atoms with van der Waals surface area (Å²) in [5.74, 6) is 1.44. The molecule has 0 unspecified atom stereocenters. The van der Waals surface area contributed by atoms with Crippen LogP contribution in [0.5, 0.6) is 5.75 Å². The van der Waals surface area contributed by atoms with Crippen LogP contribution < -0.4 is 10.5 Å². The van der Waals surface area contributed by atoms with Crippen molar-refractivity contribution in [3.8, 4) is 5.75 Å². The minimum absolute atomic E-state index is 0.00488. The minimum atomic E-state index is 0.00488. The summed E-state index contributed by atoms with van der Waals surface area (Å²) in [7, 11) is 3.47. The van der Waals surface area contributed by atoms with Crippen molar-refractivity contribution in [2.45, 2.75) is 26.8 Å². The highest BCUT2D eigenvalue weighted by molar-refractivity contribution is 5.85. The summed E-state index contributed by atoms with van der Waals surface area (Å²) in [5, 5.41) is 6.37. The molecule has 0 aliphatic carbocycles. The number of aryl methyl sites for hydroxylation is 2. The molecule has 30 heavy (non-hydrogen) atoms. The topological polar surface area (TPSA) is 98.6 Å². The van der Waals surface area contributed by atoms with E-state index in [2.05, 4.69) is 21.1 Å². The Balaban J connectivity index is 1.53. The molecule has 154 valence electrons. The number of hydrogen-bond acceptors (Lipinski definition) is 6. The molecule has 0 bridgehead atoms. The molecule has 2 aromatic heterocycles. The molecule has 0 radical (unpaired) electrons. The first-order chi connectivity index (χ1) is 14.4. The summed E-state index contributed by atoms with van der Waals surface area (Å²) >= 11 is 0. The lowest BCUT2D eigenvalue weighted by Gasteiger charge is -2.19. The molecule has 8 heteroatoms. The third kappa shape index (κ3) is 3.63. The van der Waals surface area contributed by atoms with Crippen LogP contribution in [0.1, 0.15) is 22.5 Å². The second-order valence-corrected chi connectivity index (χ2v) is 7.42. The van der Waals surface area contributed by atoms with Gasteiger partial charge in [0.2, 0.25) is 11.9 Å². The van der Waals surface area contributed by atoms with Crippen molar-refractivity contribution >= 4 is 28.4 Å². The molecule has 2 heterocycles. The van der Waals surface area contributed by atoms with Gasteiger partial charge in [0.15, 0.2) is 0 Å². The highest BCUT2D eigenvalue weighted by Crippen LogP contribution is 2.23. The molecular formula is C22H24N6O2. The number of likely N-dealkylation sites (N-methyl/N-ethyl adjacent to an activating group) is 1. The van der Waals surface area contributed by atoms with Crippen molar-refractivity contribution in [1.29, 1.82) is 0 Å². The zero-order chi connectivity index (χ0) is 21.4. The van der Waals surface area contributed by atoms with Crippen LogP contribution in [0.25, 0.3) is 16.6 Å². The van der Waals surface area contributed by atoms with Crippen LogP contribution in [0, 0.1) is 13.8 Å². The summed E-state index contributed by atoms with van der Waals surface area (Å²) < 4.78 is 6.86. The summed E-state index contributed by atoms with van der Waals surface area (Å²) in [6, 6.07) is 12.1. The SMILES string of the molecule is COc1ccc2cc(CN(C)C(=O)Cc3c(C)nc4nc(N)nn4c3C)ccc2c1. The first kappa shape index (κ1) is 19.6. The van der Waals surface area contributed by atoms with E-state index in [9.17, 15) is 4.79 Å². The van der Waals surface area contributed by atoms with E-state index in [4.69, 9.17) is 10.5 Å². The van der Waals surface area contributed by atoms with Gasteiger partial charge in [-0.25, -0.2) is 4.98 Å².